The quantitative estimate of drug-likeness (QED) is 0.705. The molecule has 3 heteroatoms. The van der Waals surface area contributed by atoms with Gasteiger partial charge in [0, 0.05) is 0 Å². The summed E-state index contributed by atoms with van der Waals surface area (Å²) in [7, 11) is 0. The molecule has 0 aliphatic heterocycles. The molecule has 0 atom stereocenters. The standard InChI is InChI=1S/C13H9F3/c14-8-12(13(15)16)11-7-3-5-9-4-1-2-6-10(9)11/h1-8,13H. The van der Waals surface area contributed by atoms with Gasteiger partial charge < -0.3 is 0 Å². The molecule has 2 aromatic carbocycles. The summed E-state index contributed by atoms with van der Waals surface area (Å²) in [5, 5.41) is 1.45. The van der Waals surface area contributed by atoms with E-state index in [-0.39, 0.29) is 11.9 Å². The highest BCUT2D eigenvalue weighted by molar-refractivity contribution is 5.94. The number of rotatable bonds is 2. The summed E-state index contributed by atoms with van der Waals surface area (Å²) in [5.74, 6) is 0. The lowest BCUT2D eigenvalue weighted by Crippen LogP contribution is -1.96. The fourth-order valence-electron chi connectivity index (χ4n) is 1.70. The number of alkyl halides is 2. The topological polar surface area (TPSA) is 0 Å². The summed E-state index contributed by atoms with van der Waals surface area (Å²) in [6, 6.07) is 12.0. The van der Waals surface area contributed by atoms with E-state index >= 15 is 0 Å². The van der Waals surface area contributed by atoms with Gasteiger partial charge in [0.1, 0.15) is 0 Å². The first kappa shape index (κ1) is 10.7. The maximum Gasteiger partial charge on any atom is 0.266 e. The van der Waals surface area contributed by atoms with Crippen molar-refractivity contribution in [3.05, 3.63) is 54.4 Å². The molecule has 2 rings (SSSR count). The van der Waals surface area contributed by atoms with E-state index in [9.17, 15) is 13.2 Å². The summed E-state index contributed by atoms with van der Waals surface area (Å²) in [5.41, 5.74) is -0.326. The van der Waals surface area contributed by atoms with E-state index in [0.717, 1.165) is 5.39 Å². The number of hydrogen-bond acceptors (Lipinski definition) is 0. The van der Waals surface area contributed by atoms with Crippen LogP contribution < -0.4 is 0 Å². The SMILES string of the molecule is FC=C(c1cccc2ccccc12)C(F)F. The molecule has 0 nitrogen and oxygen atoms in total. The third-order valence-corrected chi connectivity index (χ3v) is 2.45. The number of halogens is 3. The molecule has 0 bridgehead atoms. The molecular formula is C13H9F3. The Hall–Kier alpha value is -1.77. The van der Waals surface area contributed by atoms with Crippen LogP contribution in [0.15, 0.2) is 48.8 Å². The molecule has 0 fully saturated rings. The van der Waals surface area contributed by atoms with Crippen molar-refractivity contribution in [1.82, 2.24) is 0 Å². The van der Waals surface area contributed by atoms with Gasteiger partial charge in [-0.2, -0.15) is 0 Å². The van der Waals surface area contributed by atoms with Crippen molar-refractivity contribution in [3.8, 4) is 0 Å². The first-order valence-electron chi connectivity index (χ1n) is 4.80. The minimum atomic E-state index is -2.81. The van der Waals surface area contributed by atoms with E-state index in [4.69, 9.17) is 0 Å². The summed E-state index contributed by atoms with van der Waals surface area (Å²) >= 11 is 0. The number of allylic oxidation sites excluding steroid dienone is 1. The molecule has 2 aromatic rings. The first-order valence-corrected chi connectivity index (χ1v) is 4.80. The van der Waals surface area contributed by atoms with Crippen LogP contribution >= 0.6 is 0 Å². The third kappa shape index (κ3) is 1.81. The van der Waals surface area contributed by atoms with E-state index in [1.54, 1.807) is 30.3 Å². The largest absolute Gasteiger partial charge is 0.266 e. The summed E-state index contributed by atoms with van der Waals surface area (Å²) in [4.78, 5) is 0. The second kappa shape index (κ2) is 4.39. The highest BCUT2D eigenvalue weighted by Gasteiger charge is 2.15. The van der Waals surface area contributed by atoms with Gasteiger partial charge in [-0.3, -0.25) is 0 Å². The normalized spacial score (nSPS) is 12.4. The van der Waals surface area contributed by atoms with E-state index in [1.165, 1.54) is 6.07 Å². The van der Waals surface area contributed by atoms with Gasteiger partial charge in [0.15, 0.2) is 0 Å². The Morgan fingerprint density at radius 1 is 1.00 bits per heavy atom. The van der Waals surface area contributed by atoms with Gasteiger partial charge in [-0.15, -0.1) is 0 Å². The molecule has 0 saturated carbocycles. The van der Waals surface area contributed by atoms with Crippen LogP contribution in [0.1, 0.15) is 5.56 Å². The van der Waals surface area contributed by atoms with Gasteiger partial charge in [-0.1, -0.05) is 42.5 Å². The molecule has 0 aliphatic rings. The summed E-state index contributed by atoms with van der Waals surface area (Å²) < 4.78 is 37.7. The lowest BCUT2D eigenvalue weighted by molar-refractivity contribution is 0.214. The van der Waals surface area contributed by atoms with Crippen LogP contribution in [0.4, 0.5) is 13.2 Å². The van der Waals surface area contributed by atoms with Crippen molar-refractivity contribution < 1.29 is 13.2 Å². The van der Waals surface area contributed by atoms with Crippen LogP contribution in [0, 0.1) is 0 Å². The number of fused-ring (bicyclic) bond motifs is 1. The Morgan fingerprint density at radius 3 is 2.38 bits per heavy atom. The van der Waals surface area contributed by atoms with E-state index in [1.807, 2.05) is 6.07 Å². The minimum absolute atomic E-state index is 0.0214. The molecule has 0 aromatic heterocycles. The fraction of sp³-hybridized carbons (Fsp3) is 0.0769. The Balaban J connectivity index is 2.69. The van der Waals surface area contributed by atoms with Crippen molar-refractivity contribution in [2.75, 3.05) is 0 Å². The monoisotopic (exact) mass is 222 g/mol. The molecule has 0 heterocycles. The lowest BCUT2D eigenvalue weighted by atomic mass is 9.99. The third-order valence-electron chi connectivity index (χ3n) is 2.45. The summed E-state index contributed by atoms with van der Waals surface area (Å²) in [6.07, 6.45) is -2.83. The van der Waals surface area contributed by atoms with Crippen molar-refractivity contribution in [2.24, 2.45) is 0 Å². The molecule has 0 spiro atoms. The van der Waals surface area contributed by atoms with Crippen molar-refractivity contribution >= 4 is 16.3 Å². The molecular weight excluding hydrogens is 213 g/mol. The van der Waals surface area contributed by atoms with E-state index < -0.39 is 12.0 Å². The molecule has 0 N–H and O–H groups in total. The average molecular weight is 222 g/mol. The van der Waals surface area contributed by atoms with Gasteiger partial charge in [0.25, 0.3) is 6.43 Å². The van der Waals surface area contributed by atoms with E-state index in [2.05, 4.69) is 0 Å². The highest BCUT2D eigenvalue weighted by atomic mass is 19.3. The molecule has 0 amide bonds. The molecule has 0 aliphatic carbocycles. The number of hydrogen-bond donors (Lipinski definition) is 0. The Kier molecular flexibility index (Phi) is 2.95. The zero-order valence-corrected chi connectivity index (χ0v) is 8.33. The van der Waals surface area contributed by atoms with Crippen LogP contribution in [0.25, 0.3) is 16.3 Å². The number of benzene rings is 2. The average Bonchev–Trinajstić information content (AvgIpc) is 2.30. The van der Waals surface area contributed by atoms with Gasteiger partial charge >= 0.3 is 0 Å². The zero-order valence-electron chi connectivity index (χ0n) is 8.33. The molecule has 0 saturated heterocycles. The second-order valence-corrected chi connectivity index (χ2v) is 3.39. The first-order chi connectivity index (χ1) is 7.74. The van der Waals surface area contributed by atoms with Crippen molar-refractivity contribution in [1.29, 1.82) is 0 Å². The molecule has 0 unspecified atom stereocenters. The lowest BCUT2D eigenvalue weighted by Gasteiger charge is -2.08. The Labute approximate surface area is 91.0 Å². The Morgan fingerprint density at radius 2 is 1.69 bits per heavy atom. The highest BCUT2D eigenvalue weighted by Crippen LogP contribution is 2.29. The molecule has 82 valence electrons. The van der Waals surface area contributed by atoms with Crippen LogP contribution in [0.3, 0.4) is 0 Å². The van der Waals surface area contributed by atoms with Crippen LogP contribution in [0.5, 0.6) is 0 Å². The second-order valence-electron chi connectivity index (χ2n) is 3.39. The van der Waals surface area contributed by atoms with Gasteiger partial charge in [-0.25, -0.2) is 13.2 Å². The van der Waals surface area contributed by atoms with Gasteiger partial charge in [-0.05, 0) is 16.3 Å². The smallest absolute Gasteiger partial charge is 0.215 e. The van der Waals surface area contributed by atoms with Crippen LogP contribution in [-0.4, -0.2) is 6.43 Å². The summed E-state index contributed by atoms with van der Waals surface area (Å²) in [6.45, 7) is 0. The maximum atomic E-state index is 12.6. The minimum Gasteiger partial charge on any atom is -0.215 e. The van der Waals surface area contributed by atoms with E-state index in [0.29, 0.717) is 5.39 Å². The van der Waals surface area contributed by atoms with Crippen molar-refractivity contribution in [3.63, 3.8) is 0 Å². The van der Waals surface area contributed by atoms with Crippen LogP contribution in [-0.2, 0) is 0 Å². The zero-order chi connectivity index (χ0) is 11.5. The predicted octanol–water partition coefficient (Wildman–Crippen LogP) is 4.42. The molecule has 16 heavy (non-hydrogen) atoms. The van der Waals surface area contributed by atoms with Crippen molar-refractivity contribution in [2.45, 2.75) is 6.43 Å². The predicted molar refractivity (Wildman–Crippen MR) is 59.0 cm³/mol. The van der Waals surface area contributed by atoms with Gasteiger partial charge in [0.05, 0.1) is 11.9 Å². The molecule has 0 radical (unpaired) electrons. The van der Waals surface area contributed by atoms with Gasteiger partial charge in [0.2, 0.25) is 0 Å². The Bertz CT molecular complexity index is 524. The van der Waals surface area contributed by atoms with Crippen LogP contribution in [0.2, 0.25) is 0 Å². The maximum absolute atomic E-state index is 12.6. The fourth-order valence-corrected chi connectivity index (χ4v) is 1.70.